The lowest BCUT2D eigenvalue weighted by Gasteiger charge is -2.13. The zero-order valence-electron chi connectivity index (χ0n) is 21.3. The fourth-order valence-electron chi connectivity index (χ4n) is 3.77. The van der Waals surface area contributed by atoms with Crippen LogP contribution in [0.1, 0.15) is 40.7 Å². The summed E-state index contributed by atoms with van der Waals surface area (Å²) in [6.45, 7) is 7.48. The van der Waals surface area contributed by atoms with Gasteiger partial charge in [-0.25, -0.2) is 18.4 Å². The molecular formula is C28H27N5O3S. The van der Waals surface area contributed by atoms with Crippen LogP contribution in [-0.2, 0) is 16.4 Å². The number of nitrogens with one attached hydrogen (secondary N) is 1. The second-order valence-corrected chi connectivity index (χ2v) is 10.1. The molecule has 4 aromatic rings. The van der Waals surface area contributed by atoms with Crippen LogP contribution >= 0.6 is 0 Å². The molecule has 0 unspecified atom stereocenters. The quantitative estimate of drug-likeness (QED) is 0.375. The number of sulfonamides is 1. The van der Waals surface area contributed by atoms with E-state index in [1.54, 1.807) is 43.6 Å². The molecule has 0 bridgehead atoms. The van der Waals surface area contributed by atoms with Gasteiger partial charge in [0.15, 0.2) is 0 Å². The molecule has 3 heterocycles. The fraction of sp³-hybridized carbons (Fsp3) is 0.214. The minimum atomic E-state index is -3.93. The van der Waals surface area contributed by atoms with Gasteiger partial charge in [0, 0.05) is 29.2 Å². The molecule has 0 radical (unpaired) electrons. The maximum atomic E-state index is 13.2. The van der Waals surface area contributed by atoms with Crippen LogP contribution in [0.25, 0.3) is 11.3 Å². The van der Waals surface area contributed by atoms with E-state index in [4.69, 9.17) is 4.74 Å². The lowest BCUT2D eigenvalue weighted by molar-refractivity contribution is 0.402. The lowest BCUT2D eigenvalue weighted by Crippen LogP contribution is -2.15. The third-order valence-electron chi connectivity index (χ3n) is 5.70. The molecule has 4 rings (SSSR count). The van der Waals surface area contributed by atoms with Crippen LogP contribution in [-0.4, -0.2) is 35.5 Å². The van der Waals surface area contributed by atoms with Gasteiger partial charge in [-0.2, -0.15) is 0 Å². The Kier molecular flexibility index (Phi) is 7.50. The molecule has 37 heavy (non-hydrogen) atoms. The average Bonchev–Trinajstić information content (AvgIpc) is 2.88. The predicted octanol–water partition coefficient (Wildman–Crippen LogP) is 4.63. The highest BCUT2D eigenvalue weighted by Crippen LogP contribution is 2.28. The number of nitrogens with zero attached hydrogens (tertiary/aromatic N) is 4. The molecule has 188 valence electrons. The average molecular weight is 514 g/mol. The third kappa shape index (κ3) is 5.76. The summed E-state index contributed by atoms with van der Waals surface area (Å²) < 4.78 is 34.3. The molecule has 0 atom stereocenters. The van der Waals surface area contributed by atoms with Gasteiger partial charge in [-0.15, -0.1) is 0 Å². The topological polar surface area (TPSA) is 107 Å². The van der Waals surface area contributed by atoms with Gasteiger partial charge in [-0.05, 0) is 63.1 Å². The number of benzene rings is 1. The Bertz CT molecular complexity index is 1640. The zero-order chi connectivity index (χ0) is 26.6. The van der Waals surface area contributed by atoms with E-state index in [1.165, 1.54) is 13.4 Å². The van der Waals surface area contributed by atoms with Crippen LogP contribution in [0.3, 0.4) is 0 Å². The van der Waals surface area contributed by atoms with Crippen molar-refractivity contribution in [1.82, 2.24) is 19.9 Å². The second-order valence-electron chi connectivity index (χ2n) is 8.45. The number of ether oxygens (including phenoxy) is 1. The highest BCUT2D eigenvalue weighted by molar-refractivity contribution is 7.92. The largest absolute Gasteiger partial charge is 0.495 e. The first kappa shape index (κ1) is 25.8. The number of methoxy groups -OCH3 is 1. The maximum absolute atomic E-state index is 13.2. The second kappa shape index (κ2) is 10.8. The van der Waals surface area contributed by atoms with Crippen LogP contribution in [0.2, 0.25) is 0 Å². The number of hydrogen-bond donors (Lipinski definition) is 1. The lowest BCUT2D eigenvalue weighted by atomic mass is 10.0. The molecule has 9 heteroatoms. The Morgan fingerprint density at radius 3 is 2.51 bits per heavy atom. The Labute approximate surface area is 217 Å². The van der Waals surface area contributed by atoms with Crippen LogP contribution < -0.4 is 9.46 Å². The summed E-state index contributed by atoms with van der Waals surface area (Å²) in [6.07, 6.45) is 5.56. The summed E-state index contributed by atoms with van der Waals surface area (Å²) in [7, 11) is -2.49. The summed E-state index contributed by atoms with van der Waals surface area (Å²) in [4.78, 5) is 17.6. The molecule has 3 aromatic heterocycles. The standard InChI is InChI=1S/C28H27N5O3S/c1-6-24-23(28(32-17-31-24)22-11-12-29-19(3)14-22)9-8-21-15-25(20(4)30-16-21)33-37(34,35)27-13-18(2)7-10-26(27)36-5/h7,10-17,33H,6H2,1-5H3. The number of aryl methyl sites for hydroxylation is 4. The van der Waals surface area contributed by atoms with E-state index in [1.807, 2.05) is 32.9 Å². The van der Waals surface area contributed by atoms with E-state index in [2.05, 4.69) is 36.5 Å². The normalized spacial score (nSPS) is 10.9. The molecule has 1 aromatic carbocycles. The Balaban J connectivity index is 1.73. The Morgan fingerprint density at radius 1 is 0.973 bits per heavy atom. The maximum Gasteiger partial charge on any atom is 0.265 e. The summed E-state index contributed by atoms with van der Waals surface area (Å²) in [5.41, 5.74) is 6.22. The van der Waals surface area contributed by atoms with Crippen molar-refractivity contribution in [2.45, 2.75) is 39.0 Å². The molecule has 0 spiro atoms. The highest BCUT2D eigenvalue weighted by atomic mass is 32.2. The molecular weight excluding hydrogens is 486 g/mol. The van der Waals surface area contributed by atoms with Crippen molar-refractivity contribution in [3.05, 3.63) is 88.9 Å². The van der Waals surface area contributed by atoms with Crippen molar-refractivity contribution in [2.24, 2.45) is 0 Å². The number of pyridine rings is 2. The summed E-state index contributed by atoms with van der Waals surface area (Å²) in [6, 6.07) is 10.5. The minimum absolute atomic E-state index is 0.0530. The fourth-order valence-corrected chi connectivity index (χ4v) is 5.13. The molecule has 0 saturated carbocycles. The molecule has 0 aliphatic heterocycles. The van der Waals surface area contributed by atoms with Crippen LogP contribution in [0, 0.1) is 32.6 Å². The van der Waals surface area contributed by atoms with Crippen molar-refractivity contribution in [3.63, 3.8) is 0 Å². The summed E-state index contributed by atoms with van der Waals surface area (Å²) >= 11 is 0. The van der Waals surface area contributed by atoms with Gasteiger partial charge in [-0.1, -0.05) is 24.8 Å². The number of anilines is 1. The van der Waals surface area contributed by atoms with Gasteiger partial charge in [0.05, 0.1) is 35.4 Å². The Hall–Kier alpha value is -4.29. The first-order valence-electron chi connectivity index (χ1n) is 11.6. The van der Waals surface area contributed by atoms with E-state index >= 15 is 0 Å². The monoisotopic (exact) mass is 513 g/mol. The predicted molar refractivity (Wildman–Crippen MR) is 143 cm³/mol. The van der Waals surface area contributed by atoms with Gasteiger partial charge in [-0.3, -0.25) is 14.7 Å². The third-order valence-corrected chi connectivity index (χ3v) is 7.09. The van der Waals surface area contributed by atoms with Crippen molar-refractivity contribution in [1.29, 1.82) is 0 Å². The molecule has 0 amide bonds. The van der Waals surface area contributed by atoms with Crippen molar-refractivity contribution < 1.29 is 13.2 Å². The Morgan fingerprint density at radius 2 is 1.78 bits per heavy atom. The molecule has 1 N–H and O–H groups in total. The first-order chi connectivity index (χ1) is 17.7. The van der Waals surface area contributed by atoms with Gasteiger partial charge < -0.3 is 4.74 Å². The van der Waals surface area contributed by atoms with Gasteiger partial charge >= 0.3 is 0 Å². The van der Waals surface area contributed by atoms with Crippen LogP contribution in [0.15, 0.2) is 60.0 Å². The van der Waals surface area contributed by atoms with Gasteiger partial charge in [0.25, 0.3) is 10.0 Å². The van der Waals surface area contributed by atoms with Gasteiger partial charge in [0.2, 0.25) is 0 Å². The first-order valence-corrected chi connectivity index (χ1v) is 13.1. The molecule has 0 fully saturated rings. The summed E-state index contributed by atoms with van der Waals surface area (Å²) in [5.74, 6) is 6.58. The summed E-state index contributed by atoms with van der Waals surface area (Å²) in [5, 5.41) is 0. The molecule has 0 aliphatic carbocycles. The number of rotatable bonds is 6. The van der Waals surface area contributed by atoms with Crippen molar-refractivity contribution in [3.8, 4) is 28.8 Å². The number of aromatic nitrogens is 4. The van der Waals surface area contributed by atoms with Gasteiger partial charge in [0.1, 0.15) is 17.0 Å². The SMILES string of the molecule is CCc1ncnc(-c2ccnc(C)c2)c1C#Cc1cnc(C)c(NS(=O)(=O)c2cc(C)ccc2OC)c1. The van der Waals surface area contributed by atoms with E-state index in [0.29, 0.717) is 28.9 Å². The van der Waals surface area contributed by atoms with Crippen LogP contribution in [0.5, 0.6) is 5.75 Å². The zero-order valence-corrected chi connectivity index (χ0v) is 22.1. The molecule has 8 nitrogen and oxygen atoms in total. The van der Waals surface area contributed by atoms with Crippen LogP contribution in [0.4, 0.5) is 5.69 Å². The minimum Gasteiger partial charge on any atom is -0.495 e. The van der Waals surface area contributed by atoms with E-state index in [-0.39, 0.29) is 10.6 Å². The van der Waals surface area contributed by atoms with E-state index in [0.717, 1.165) is 28.2 Å². The van der Waals surface area contributed by atoms with Crippen molar-refractivity contribution >= 4 is 15.7 Å². The van der Waals surface area contributed by atoms with E-state index in [9.17, 15) is 8.42 Å². The smallest absolute Gasteiger partial charge is 0.265 e. The van der Waals surface area contributed by atoms with E-state index < -0.39 is 10.0 Å². The highest BCUT2D eigenvalue weighted by Gasteiger charge is 2.21. The van der Waals surface area contributed by atoms with Crippen molar-refractivity contribution in [2.75, 3.05) is 11.8 Å². The molecule has 0 aliphatic rings. The molecule has 0 saturated heterocycles. The number of hydrogen-bond acceptors (Lipinski definition) is 7.